The summed E-state index contributed by atoms with van der Waals surface area (Å²) in [6.07, 6.45) is 3.46. The van der Waals surface area contributed by atoms with Crippen molar-refractivity contribution in [2.75, 3.05) is 6.54 Å². The maximum Gasteiger partial charge on any atom is 0.142 e. The lowest BCUT2D eigenvalue weighted by atomic mass is 9.99. The minimum Gasteiger partial charge on any atom is -0.306 e. The van der Waals surface area contributed by atoms with Crippen molar-refractivity contribution in [1.82, 2.24) is 10.3 Å². The second kappa shape index (κ2) is 6.59. The highest BCUT2D eigenvalue weighted by molar-refractivity contribution is 9.10. The standard InChI is InChI=1S/C14H13Br2FN2/c1-2-19-14(9-6-10(15)8-18-7-9)11-4-3-5-12(16)13(11)17/h3-8,14,19H,2H2,1H3. The molecule has 0 amide bonds. The van der Waals surface area contributed by atoms with Crippen LogP contribution in [0.3, 0.4) is 0 Å². The fourth-order valence-electron chi connectivity index (χ4n) is 1.94. The number of hydrogen-bond acceptors (Lipinski definition) is 2. The van der Waals surface area contributed by atoms with Crippen LogP contribution >= 0.6 is 31.9 Å². The van der Waals surface area contributed by atoms with Gasteiger partial charge < -0.3 is 5.32 Å². The van der Waals surface area contributed by atoms with E-state index in [1.165, 1.54) is 0 Å². The number of halogens is 3. The lowest BCUT2D eigenvalue weighted by Crippen LogP contribution is -2.23. The Morgan fingerprint density at radius 3 is 2.79 bits per heavy atom. The zero-order valence-corrected chi connectivity index (χ0v) is 13.5. The number of aromatic nitrogens is 1. The van der Waals surface area contributed by atoms with E-state index in [0.29, 0.717) is 10.0 Å². The zero-order chi connectivity index (χ0) is 13.8. The molecule has 0 bridgehead atoms. The van der Waals surface area contributed by atoms with Gasteiger partial charge in [-0.25, -0.2) is 4.39 Å². The average Bonchev–Trinajstić information content (AvgIpc) is 2.40. The molecule has 0 spiro atoms. The Hall–Kier alpha value is -0.780. The Kier molecular flexibility index (Phi) is 5.07. The van der Waals surface area contributed by atoms with Crippen LogP contribution in [0, 0.1) is 5.82 Å². The molecule has 1 aromatic heterocycles. The van der Waals surface area contributed by atoms with Crippen molar-refractivity contribution in [1.29, 1.82) is 0 Å². The summed E-state index contributed by atoms with van der Waals surface area (Å²) in [6, 6.07) is 7.04. The third-order valence-electron chi connectivity index (χ3n) is 2.76. The first kappa shape index (κ1) is 14.6. The maximum atomic E-state index is 14.2. The van der Waals surface area contributed by atoms with Gasteiger partial charge in [0.05, 0.1) is 10.5 Å². The van der Waals surface area contributed by atoms with E-state index in [-0.39, 0.29) is 11.9 Å². The van der Waals surface area contributed by atoms with Gasteiger partial charge >= 0.3 is 0 Å². The van der Waals surface area contributed by atoms with Crippen molar-refractivity contribution in [3.05, 3.63) is 62.5 Å². The summed E-state index contributed by atoms with van der Waals surface area (Å²) in [7, 11) is 0. The summed E-state index contributed by atoms with van der Waals surface area (Å²) in [4.78, 5) is 4.14. The quantitative estimate of drug-likeness (QED) is 0.838. The van der Waals surface area contributed by atoms with Crippen molar-refractivity contribution >= 4 is 31.9 Å². The number of benzene rings is 1. The van der Waals surface area contributed by atoms with E-state index in [2.05, 4.69) is 42.2 Å². The first-order valence-electron chi connectivity index (χ1n) is 5.91. The molecule has 2 rings (SSSR count). The normalized spacial score (nSPS) is 12.4. The van der Waals surface area contributed by atoms with Gasteiger partial charge in [0.1, 0.15) is 5.82 Å². The van der Waals surface area contributed by atoms with Gasteiger partial charge in [-0.15, -0.1) is 0 Å². The second-order valence-corrected chi connectivity index (χ2v) is 5.84. The van der Waals surface area contributed by atoms with Crippen molar-refractivity contribution in [2.24, 2.45) is 0 Å². The van der Waals surface area contributed by atoms with Crippen LogP contribution in [-0.2, 0) is 0 Å². The first-order valence-corrected chi connectivity index (χ1v) is 7.49. The van der Waals surface area contributed by atoms with E-state index in [1.807, 2.05) is 19.1 Å². The molecule has 19 heavy (non-hydrogen) atoms. The van der Waals surface area contributed by atoms with Gasteiger partial charge in [-0.3, -0.25) is 4.98 Å². The molecule has 0 aliphatic carbocycles. The molecule has 1 aromatic carbocycles. The van der Waals surface area contributed by atoms with Crippen LogP contribution in [0.4, 0.5) is 4.39 Å². The molecule has 0 saturated carbocycles. The molecule has 5 heteroatoms. The van der Waals surface area contributed by atoms with Crippen LogP contribution in [-0.4, -0.2) is 11.5 Å². The van der Waals surface area contributed by atoms with E-state index in [9.17, 15) is 4.39 Å². The highest BCUT2D eigenvalue weighted by Crippen LogP contribution is 2.29. The highest BCUT2D eigenvalue weighted by atomic mass is 79.9. The first-order chi connectivity index (χ1) is 9.13. The Morgan fingerprint density at radius 2 is 2.11 bits per heavy atom. The van der Waals surface area contributed by atoms with E-state index < -0.39 is 0 Å². The topological polar surface area (TPSA) is 24.9 Å². The minimum atomic E-state index is -0.242. The van der Waals surface area contributed by atoms with Crippen LogP contribution in [0.5, 0.6) is 0 Å². The average molecular weight is 388 g/mol. The van der Waals surface area contributed by atoms with Gasteiger partial charge in [0.2, 0.25) is 0 Å². The summed E-state index contributed by atoms with van der Waals surface area (Å²) in [6.45, 7) is 2.73. The van der Waals surface area contributed by atoms with Crippen molar-refractivity contribution in [2.45, 2.75) is 13.0 Å². The lowest BCUT2D eigenvalue weighted by Gasteiger charge is -2.19. The van der Waals surface area contributed by atoms with Crippen molar-refractivity contribution in [3.63, 3.8) is 0 Å². The molecule has 0 radical (unpaired) electrons. The smallest absolute Gasteiger partial charge is 0.142 e. The van der Waals surface area contributed by atoms with Crippen LogP contribution in [0.15, 0.2) is 45.6 Å². The fraction of sp³-hybridized carbons (Fsp3) is 0.214. The van der Waals surface area contributed by atoms with Crippen LogP contribution in [0.1, 0.15) is 24.1 Å². The molecule has 1 N–H and O–H groups in total. The summed E-state index contributed by atoms with van der Waals surface area (Å²) in [5.41, 5.74) is 1.53. The van der Waals surface area contributed by atoms with Crippen LogP contribution in [0.25, 0.3) is 0 Å². The maximum absolute atomic E-state index is 14.2. The molecule has 1 unspecified atom stereocenters. The van der Waals surface area contributed by atoms with Gasteiger partial charge in [0.25, 0.3) is 0 Å². The minimum absolute atomic E-state index is 0.215. The molecule has 0 fully saturated rings. The van der Waals surface area contributed by atoms with Crippen molar-refractivity contribution in [3.8, 4) is 0 Å². The molecule has 100 valence electrons. The summed E-state index contributed by atoms with van der Waals surface area (Å²) < 4.78 is 15.6. The second-order valence-electron chi connectivity index (χ2n) is 4.07. The van der Waals surface area contributed by atoms with Gasteiger partial charge in [-0.1, -0.05) is 19.1 Å². The molecule has 0 aliphatic heterocycles. The number of pyridine rings is 1. The van der Waals surface area contributed by atoms with E-state index in [4.69, 9.17) is 0 Å². The number of hydrogen-bond donors (Lipinski definition) is 1. The number of nitrogens with one attached hydrogen (secondary N) is 1. The van der Waals surface area contributed by atoms with Gasteiger partial charge in [0, 0.05) is 22.4 Å². The Morgan fingerprint density at radius 1 is 1.32 bits per heavy atom. The molecule has 0 aliphatic rings. The molecule has 1 atom stereocenters. The number of rotatable bonds is 4. The molecule has 2 nitrogen and oxygen atoms in total. The lowest BCUT2D eigenvalue weighted by molar-refractivity contribution is 0.554. The predicted octanol–water partition coefficient (Wildman–Crippen LogP) is 4.44. The molecular formula is C14H13Br2FN2. The molecule has 2 aromatic rings. The molecular weight excluding hydrogens is 375 g/mol. The van der Waals surface area contributed by atoms with Gasteiger partial charge in [-0.2, -0.15) is 0 Å². The highest BCUT2D eigenvalue weighted by Gasteiger charge is 2.18. The van der Waals surface area contributed by atoms with Gasteiger partial charge in [0.15, 0.2) is 0 Å². The predicted molar refractivity (Wildman–Crippen MR) is 81.6 cm³/mol. The SMILES string of the molecule is CCNC(c1cncc(Br)c1)c1cccc(Br)c1F. The summed E-state index contributed by atoms with van der Waals surface area (Å²) in [5.74, 6) is -0.242. The molecule has 1 heterocycles. The van der Waals surface area contributed by atoms with E-state index in [0.717, 1.165) is 16.6 Å². The third-order valence-corrected chi connectivity index (χ3v) is 3.81. The Labute approximate surface area is 128 Å². The van der Waals surface area contributed by atoms with E-state index >= 15 is 0 Å². The van der Waals surface area contributed by atoms with Crippen LogP contribution in [0.2, 0.25) is 0 Å². The largest absolute Gasteiger partial charge is 0.306 e. The summed E-state index contributed by atoms with van der Waals surface area (Å²) in [5, 5.41) is 3.29. The van der Waals surface area contributed by atoms with E-state index in [1.54, 1.807) is 24.5 Å². The van der Waals surface area contributed by atoms with Crippen molar-refractivity contribution < 1.29 is 4.39 Å². The van der Waals surface area contributed by atoms with Gasteiger partial charge in [-0.05, 0) is 56.1 Å². The Balaban J connectivity index is 2.48. The number of nitrogens with zero attached hydrogens (tertiary/aromatic N) is 1. The monoisotopic (exact) mass is 386 g/mol. The third kappa shape index (κ3) is 3.41. The summed E-state index contributed by atoms with van der Waals surface area (Å²) >= 11 is 6.62. The Bertz CT molecular complexity index is 575. The zero-order valence-electron chi connectivity index (χ0n) is 10.3. The fourth-order valence-corrected chi connectivity index (χ4v) is 2.71. The molecule has 0 saturated heterocycles. The van der Waals surface area contributed by atoms with Crippen LogP contribution < -0.4 is 5.32 Å².